The van der Waals surface area contributed by atoms with E-state index in [-0.39, 0.29) is 23.9 Å². The van der Waals surface area contributed by atoms with Crippen LogP contribution < -0.4 is 15.0 Å². The van der Waals surface area contributed by atoms with E-state index in [2.05, 4.69) is 57.2 Å². The molecule has 0 unspecified atom stereocenters. The number of carbonyl (C=O) groups excluding carboxylic acids is 1. The lowest BCUT2D eigenvalue weighted by atomic mass is 9.94. The summed E-state index contributed by atoms with van der Waals surface area (Å²) in [5, 5.41) is 19.0. The number of carbonyl (C=O) groups is 2. The molecule has 4 rings (SSSR count). The second-order valence-electron chi connectivity index (χ2n) is 9.69. The average molecular weight is 523 g/mol. The van der Waals surface area contributed by atoms with E-state index in [1.54, 1.807) is 19.1 Å². The summed E-state index contributed by atoms with van der Waals surface area (Å²) in [6.45, 7) is 8.61. The highest BCUT2D eigenvalue weighted by Gasteiger charge is 2.23. The van der Waals surface area contributed by atoms with Crippen LogP contribution in [0.15, 0.2) is 59.4 Å². The van der Waals surface area contributed by atoms with E-state index >= 15 is 0 Å². The lowest BCUT2D eigenvalue weighted by molar-refractivity contribution is -0.121. The summed E-state index contributed by atoms with van der Waals surface area (Å²) >= 11 is 0. The Labute approximate surface area is 224 Å². The smallest absolute Gasteiger partial charge is 0.339 e. The molecule has 0 radical (unpaired) electrons. The third-order valence-electron chi connectivity index (χ3n) is 6.27. The van der Waals surface area contributed by atoms with E-state index in [0.717, 1.165) is 30.6 Å². The second kappa shape index (κ2) is 14.8. The number of nitrogens with zero attached hydrogens (tertiary/aromatic N) is 3. The normalized spacial score (nSPS) is 13.8. The van der Waals surface area contributed by atoms with Gasteiger partial charge in [0.15, 0.2) is 0 Å². The molecule has 204 valence electrons. The van der Waals surface area contributed by atoms with Crippen molar-refractivity contribution in [1.82, 2.24) is 15.7 Å². The van der Waals surface area contributed by atoms with Gasteiger partial charge in [-0.05, 0) is 67.9 Å². The van der Waals surface area contributed by atoms with Crippen LogP contribution in [0.5, 0.6) is 5.75 Å². The Kier molecular flexibility index (Phi) is 11.1. The van der Waals surface area contributed by atoms with Gasteiger partial charge in [0.25, 0.3) is 0 Å². The molecule has 1 aliphatic rings. The largest absolute Gasteiger partial charge is 0.493 e. The molecule has 0 spiro atoms. The monoisotopic (exact) mass is 522 g/mol. The molecule has 1 amide bonds. The van der Waals surface area contributed by atoms with E-state index in [1.165, 1.54) is 43.5 Å². The molecule has 1 atom stereocenters. The van der Waals surface area contributed by atoms with E-state index in [9.17, 15) is 14.7 Å². The summed E-state index contributed by atoms with van der Waals surface area (Å²) in [5.41, 5.74) is 3.22. The molecule has 9 heteroatoms. The Morgan fingerprint density at radius 2 is 1.89 bits per heavy atom. The molecule has 1 saturated heterocycles. The highest BCUT2D eigenvalue weighted by Crippen LogP contribution is 2.32. The maximum absolute atomic E-state index is 13.1. The fraction of sp³-hybridized carbons (Fsp3) is 0.448. The fourth-order valence-electron chi connectivity index (χ4n) is 4.64. The summed E-state index contributed by atoms with van der Waals surface area (Å²) < 4.78 is 9.71. The zero-order chi connectivity index (χ0) is 27.3. The van der Waals surface area contributed by atoms with Crippen molar-refractivity contribution >= 4 is 17.6 Å². The molecule has 1 aliphatic heterocycles. The first kappa shape index (κ1) is 28.7. The van der Waals surface area contributed by atoms with Gasteiger partial charge in [0.1, 0.15) is 17.6 Å². The van der Waals surface area contributed by atoms with Crippen LogP contribution in [0.2, 0.25) is 0 Å². The molecule has 3 aromatic rings. The van der Waals surface area contributed by atoms with Crippen molar-refractivity contribution in [3.63, 3.8) is 0 Å². The van der Waals surface area contributed by atoms with Crippen LogP contribution >= 0.6 is 0 Å². The predicted molar refractivity (Wildman–Crippen MR) is 145 cm³/mol. The second-order valence-corrected chi connectivity index (χ2v) is 9.69. The number of aromatic carboxylic acids is 1. The van der Waals surface area contributed by atoms with Gasteiger partial charge in [-0.1, -0.05) is 38.1 Å². The topological polar surface area (TPSA) is 118 Å². The first-order valence-electron chi connectivity index (χ1n) is 13.2. The molecule has 1 fully saturated rings. The van der Waals surface area contributed by atoms with E-state index < -0.39 is 5.97 Å². The third kappa shape index (κ3) is 8.61. The first-order valence-corrected chi connectivity index (χ1v) is 13.2. The lowest BCUT2D eigenvalue weighted by Crippen LogP contribution is -2.34. The van der Waals surface area contributed by atoms with Crippen molar-refractivity contribution in [3.05, 3.63) is 71.6 Å². The molecule has 1 aromatic heterocycles. The Morgan fingerprint density at radius 1 is 1.13 bits per heavy atom. The van der Waals surface area contributed by atoms with Crippen molar-refractivity contribution in [2.24, 2.45) is 5.92 Å². The van der Waals surface area contributed by atoms with Crippen LogP contribution in [0, 0.1) is 5.92 Å². The zero-order valence-electron chi connectivity index (χ0n) is 22.4. The van der Waals surface area contributed by atoms with Crippen molar-refractivity contribution in [1.29, 1.82) is 0 Å². The summed E-state index contributed by atoms with van der Waals surface area (Å²) in [5.74, 6) is -0.408. The van der Waals surface area contributed by atoms with Gasteiger partial charge in [-0.3, -0.25) is 4.79 Å². The number of nitrogens with one attached hydrogen (secondary N) is 1. The van der Waals surface area contributed by atoms with Crippen LogP contribution in [0.4, 0.5) is 5.69 Å². The molecule has 38 heavy (non-hydrogen) atoms. The van der Waals surface area contributed by atoms with Crippen molar-refractivity contribution in [2.45, 2.75) is 58.9 Å². The number of ether oxygens (including phenoxy) is 1. The van der Waals surface area contributed by atoms with E-state index in [4.69, 9.17) is 4.74 Å². The van der Waals surface area contributed by atoms with Gasteiger partial charge in [-0.2, -0.15) is 0 Å². The summed E-state index contributed by atoms with van der Waals surface area (Å²) in [7, 11) is 0. The molecule has 2 N–H and O–H groups in total. The molecule has 9 nitrogen and oxygen atoms in total. The summed E-state index contributed by atoms with van der Waals surface area (Å²) in [6.07, 6.45) is 7.56. The van der Waals surface area contributed by atoms with Gasteiger partial charge in [-0.15, -0.1) is 5.10 Å². The molecule has 0 saturated carbocycles. The minimum absolute atomic E-state index is 0.0831. The number of aromatic nitrogens is 2. The van der Waals surface area contributed by atoms with Crippen LogP contribution in [0.3, 0.4) is 0 Å². The van der Waals surface area contributed by atoms with Crippen molar-refractivity contribution in [2.75, 3.05) is 24.6 Å². The van der Waals surface area contributed by atoms with Gasteiger partial charge >= 0.3 is 5.97 Å². The minimum Gasteiger partial charge on any atom is -0.493 e. The molecule has 2 aromatic carbocycles. The summed E-state index contributed by atoms with van der Waals surface area (Å²) in [6, 6.07) is 13.2. The van der Waals surface area contributed by atoms with Crippen LogP contribution in [-0.2, 0) is 11.2 Å². The number of hydrogen-bond acceptors (Lipinski definition) is 7. The van der Waals surface area contributed by atoms with Gasteiger partial charge in [0.2, 0.25) is 5.91 Å². The summed E-state index contributed by atoms with van der Waals surface area (Å²) in [4.78, 5) is 26.9. The number of benzene rings is 2. The maximum atomic E-state index is 13.1. The number of para-hydroxylation sites is 1. The zero-order valence-corrected chi connectivity index (χ0v) is 22.4. The van der Waals surface area contributed by atoms with Crippen LogP contribution in [-0.4, -0.2) is 47.0 Å². The highest BCUT2D eigenvalue weighted by atomic mass is 16.5. The van der Waals surface area contributed by atoms with Gasteiger partial charge < -0.3 is 24.6 Å². The number of anilines is 1. The maximum Gasteiger partial charge on any atom is 0.339 e. The van der Waals surface area contributed by atoms with Gasteiger partial charge in [0.05, 0.1) is 25.3 Å². The standard InChI is InChI=1S/C27H36N2O4.C2H2N2O/c1-4-33-25-17-20(12-13-22(25)27(31)32)18-26(30)28-23(16-19(2)3)21-10-6-7-11-24(21)29-14-8-5-9-15-29;1-2-5-4-3-1/h6-7,10-13,17,19,23H,4-5,8-9,14-16,18H2,1-3H3,(H,28,30)(H,31,32);1-2H/t23-;/m0./s1. The number of carboxylic acids is 1. The van der Waals surface area contributed by atoms with Crippen LogP contribution in [0.25, 0.3) is 0 Å². The average Bonchev–Trinajstić information content (AvgIpc) is 3.49. The fourth-order valence-corrected chi connectivity index (χ4v) is 4.64. The Hall–Kier alpha value is -3.88. The van der Waals surface area contributed by atoms with Crippen molar-refractivity contribution < 1.29 is 24.0 Å². The predicted octanol–water partition coefficient (Wildman–Crippen LogP) is 5.29. The Bertz CT molecular complexity index is 1130. The molecule has 0 aliphatic carbocycles. The Morgan fingerprint density at radius 3 is 2.50 bits per heavy atom. The number of piperidine rings is 1. The third-order valence-corrected chi connectivity index (χ3v) is 6.27. The number of hydrogen-bond donors (Lipinski definition) is 2. The number of rotatable bonds is 10. The van der Waals surface area contributed by atoms with Crippen molar-refractivity contribution in [3.8, 4) is 5.75 Å². The first-order chi connectivity index (χ1) is 18.4. The molecule has 0 bridgehead atoms. The SMILES string of the molecule is CCOc1cc(CC(=O)N[C@@H](CC(C)C)c2ccccc2N2CCCCC2)ccc1C(=O)O.c1conn1. The lowest BCUT2D eigenvalue weighted by Gasteiger charge is -2.33. The Balaban J connectivity index is 0.000000715. The van der Waals surface area contributed by atoms with Gasteiger partial charge in [-0.25, -0.2) is 4.79 Å². The van der Waals surface area contributed by atoms with E-state index in [1.807, 2.05) is 6.07 Å². The molecular formula is C29H38N4O5. The molecular weight excluding hydrogens is 484 g/mol. The minimum atomic E-state index is -1.04. The van der Waals surface area contributed by atoms with Crippen LogP contribution in [0.1, 0.15) is 74.0 Å². The number of amides is 1. The van der Waals surface area contributed by atoms with Gasteiger partial charge in [0, 0.05) is 24.0 Å². The highest BCUT2D eigenvalue weighted by molar-refractivity contribution is 5.91. The molecule has 2 heterocycles. The number of carboxylic acid groups (broad SMARTS) is 1. The quantitative estimate of drug-likeness (QED) is 0.369. The van der Waals surface area contributed by atoms with E-state index in [0.29, 0.717) is 18.3 Å².